The number of ketones is 1. The molecule has 0 saturated carbocycles. The first kappa shape index (κ1) is 12.2. The molecule has 1 aromatic rings. The number of hydrogen-bond donors (Lipinski definition) is 1. The van der Waals surface area contributed by atoms with Gasteiger partial charge in [0.05, 0.1) is 16.9 Å². The summed E-state index contributed by atoms with van der Waals surface area (Å²) in [5.74, 6) is 0.592. The highest BCUT2D eigenvalue weighted by Crippen LogP contribution is 2.14. The highest BCUT2D eigenvalue weighted by molar-refractivity contribution is 9.09. The Morgan fingerprint density at radius 3 is 2.47 bits per heavy atom. The molecule has 0 fully saturated rings. The summed E-state index contributed by atoms with van der Waals surface area (Å²) in [6.45, 7) is 0. The molecule has 80 valence electrons. The summed E-state index contributed by atoms with van der Waals surface area (Å²) >= 11 is 8.60. The number of alkyl halides is 2. The fraction of sp³-hybridized carbons (Fsp3) is 0.200. The first-order valence-electron chi connectivity index (χ1n) is 4.25. The van der Waals surface area contributed by atoms with Crippen LogP contribution in [0.3, 0.4) is 0 Å². The summed E-state index contributed by atoms with van der Waals surface area (Å²) in [6.07, 6.45) is 0. The molecule has 0 unspecified atom stereocenters. The van der Waals surface area contributed by atoms with Gasteiger partial charge < -0.3 is 5.73 Å². The molecule has 0 radical (unpaired) electrons. The molecule has 0 saturated heterocycles. The molecule has 0 aliphatic rings. The molecule has 0 aliphatic carbocycles. The normalized spacial score (nSPS) is 11.5. The third-order valence-corrected chi connectivity index (χ3v) is 2.50. The summed E-state index contributed by atoms with van der Waals surface area (Å²) in [6, 6.07) is 6.89. The second kappa shape index (κ2) is 5.88. The zero-order chi connectivity index (χ0) is 11.3. The van der Waals surface area contributed by atoms with Crippen LogP contribution >= 0.6 is 27.5 Å². The molecule has 1 rings (SSSR count). The molecule has 3 nitrogen and oxygen atoms in total. The molecule has 0 aromatic heterocycles. The van der Waals surface area contributed by atoms with Crippen molar-refractivity contribution in [1.29, 1.82) is 0 Å². The fourth-order valence-corrected chi connectivity index (χ4v) is 1.38. The third-order valence-electron chi connectivity index (χ3n) is 1.72. The van der Waals surface area contributed by atoms with Crippen LogP contribution in [0.15, 0.2) is 29.3 Å². The lowest BCUT2D eigenvalue weighted by molar-refractivity contribution is 0.102. The fourth-order valence-electron chi connectivity index (χ4n) is 0.995. The number of Topliss-reactive ketones (excluding diaryl/α,β-unsaturated/α-hetero) is 1. The smallest absolute Gasteiger partial charge is 0.173 e. The monoisotopic (exact) mass is 288 g/mol. The quantitative estimate of drug-likeness (QED) is 0.401. The second-order valence-electron chi connectivity index (χ2n) is 2.84. The van der Waals surface area contributed by atoms with Crippen molar-refractivity contribution in [2.45, 2.75) is 0 Å². The number of carbonyl (C=O) groups is 1. The number of hydrogen-bond acceptors (Lipinski definition) is 2. The number of aliphatic imine (C=N–C) groups is 1. The minimum atomic E-state index is 0.0378. The Balaban J connectivity index is 2.86. The lowest BCUT2D eigenvalue weighted by atomic mass is 10.1. The molecule has 0 bridgehead atoms. The maximum atomic E-state index is 11.3. The Morgan fingerprint density at radius 1 is 1.40 bits per heavy atom. The van der Waals surface area contributed by atoms with Gasteiger partial charge in [-0.1, -0.05) is 15.9 Å². The lowest BCUT2D eigenvalue weighted by Gasteiger charge is -1.99. The van der Waals surface area contributed by atoms with E-state index in [-0.39, 0.29) is 11.7 Å². The predicted octanol–water partition coefficient (Wildman–Crippen LogP) is 2.49. The van der Waals surface area contributed by atoms with Crippen LogP contribution in [0.5, 0.6) is 0 Å². The molecule has 0 amide bonds. The Bertz CT molecular complexity index is 376. The van der Waals surface area contributed by atoms with Crippen molar-refractivity contribution in [3.8, 4) is 0 Å². The van der Waals surface area contributed by atoms with Gasteiger partial charge in [-0.2, -0.15) is 0 Å². The van der Waals surface area contributed by atoms with Gasteiger partial charge in [-0.15, -0.1) is 11.6 Å². The van der Waals surface area contributed by atoms with Gasteiger partial charge in [0.1, 0.15) is 5.84 Å². The molecule has 2 N–H and O–H groups in total. The van der Waals surface area contributed by atoms with E-state index in [1.54, 1.807) is 24.3 Å². The highest BCUT2D eigenvalue weighted by Gasteiger charge is 2.02. The number of halogens is 2. The molecule has 5 heteroatoms. The first-order valence-corrected chi connectivity index (χ1v) is 5.91. The summed E-state index contributed by atoms with van der Waals surface area (Å²) in [4.78, 5) is 15.3. The molecule has 0 aliphatic heterocycles. The second-order valence-corrected chi connectivity index (χ2v) is 3.67. The van der Waals surface area contributed by atoms with E-state index in [4.69, 9.17) is 17.3 Å². The molecule has 0 heterocycles. The van der Waals surface area contributed by atoms with Crippen molar-refractivity contribution in [2.24, 2.45) is 10.7 Å². The van der Waals surface area contributed by atoms with Crippen LogP contribution in [-0.2, 0) is 0 Å². The van der Waals surface area contributed by atoms with Crippen LogP contribution in [0.2, 0.25) is 0 Å². The van der Waals surface area contributed by atoms with Gasteiger partial charge >= 0.3 is 0 Å². The number of nitrogens with two attached hydrogens (primary N) is 1. The highest BCUT2D eigenvalue weighted by atomic mass is 79.9. The lowest BCUT2D eigenvalue weighted by Crippen LogP contribution is -2.12. The van der Waals surface area contributed by atoms with E-state index in [2.05, 4.69) is 20.9 Å². The van der Waals surface area contributed by atoms with Gasteiger partial charge in [-0.3, -0.25) is 4.79 Å². The third kappa shape index (κ3) is 3.64. The van der Waals surface area contributed by atoms with E-state index in [9.17, 15) is 4.79 Å². The molecular formula is C10H10BrClN2O. The Kier molecular flexibility index (Phi) is 4.78. The SMILES string of the molecule is NC(CCl)=Nc1ccc(C(=O)CBr)cc1. The Hall–Kier alpha value is -0.870. The number of amidine groups is 1. The number of benzene rings is 1. The van der Waals surface area contributed by atoms with Gasteiger partial charge in [0.2, 0.25) is 0 Å². The van der Waals surface area contributed by atoms with Crippen molar-refractivity contribution in [1.82, 2.24) is 0 Å². The van der Waals surface area contributed by atoms with Gasteiger partial charge in [0.25, 0.3) is 0 Å². The summed E-state index contributed by atoms with van der Waals surface area (Å²) < 4.78 is 0. The summed E-state index contributed by atoms with van der Waals surface area (Å²) in [7, 11) is 0. The number of nitrogens with zero attached hydrogens (tertiary/aromatic N) is 1. The molecular weight excluding hydrogens is 279 g/mol. The van der Waals surface area contributed by atoms with Crippen molar-refractivity contribution in [2.75, 3.05) is 11.2 Å². The molecule has 1 aromatic carbocycles. The summed E-state index contributed by atoms with van der Waals surface area (Å²) in [5, 5.41) is 0.319. The molecule has 0 atom stereocenters. The van der Waals surface area contributed by atoms with Crippen molar-refractivity contribution < 1.29 is 4.79 Å². The van der Waals surface area contributed by atoms with Gasteiger partial charge in [-0.25, -0.2) is 4.99 Å². The molecule has 0 spiro atoms. The van der Waals surface area contributed by atoms with Crippen molar-refractivity contribution >= 4 is 44.8 Å². The van der Waals surface area contributed by atoms with E-state index in [1.807, 2.05) is 0 Å². The minimum absolute atomic E-state index is 0.0378. The van der Waals surface area contributed by atoms with Gasteiger partial charge in [0, 0.05) is 5.56 Å². The number of rotatable bonds is 4. The van der Waals surface area contributed by atoms with E-state index >= 15 is 0 Å². The van der Waals surface area contributed by atoms with Crippen LogP contribution < -0.4 is 5.73 Å². The van der Waals surface area contributed by atoms with E-state index in [1.165, 1.54) is 0 Å². The number of carbonyl (C=O) groups excluding carboxylic acids is 1. The molecule has 15 heavy (non-hydrogen) atoms. The van der Waals surface area contributed by atoms with E-state index < -0.39 is 0 Å². The van der Waals surface area contributed by atoms with Gasteiger partial charge in [0.15, 0.2) is 5.78 Å². The zero-order valence-electron chi connectivity index (χ0n) is 7.91. The summed E-state index contributed by atoms with van der Waals surface area (Å²) in [5.41, 5.74) is 6.81. The van der Waals surface area contributed by atoms with Crippen molar-refractivity contribution in [3.63, 3.8) is 0 Å². The Labute approximate surface area is 101 Å². The van der Waals surface area contributed by atoms with Crippen LogP contribution in [0.4, 0.5) is 5.69 Å². The topological polar surface area (TPSA) is 55.4 Å². The van der Waals surface area contributed by atoms with Crippen LogP contribution in [0.1, 0.15) is 10.4 Å². The standard InChI is InChI=1S/C10H10BrClN2O/c11-5-9(15)7-1-3-8(4-2-7)14-10(13)6-12/h1-4H,5-6H2,(H2,13,14). The first-order chi connectivity index (χ1) is 7.17. The average Bonchev–Trinajstić information content (AvgIpc) is 2.29. The average molecular weight is 290 g/mol. The van der Waals surface area contributed by atoms with Gasteiger partial charge in [-0.05, 0) is 24.3 Å². The maximum Gasteiger partial charge on any atom is 0.173 e. The van der Waals surface area contributed by atoms with Crippen LogP contribution in [0, 0.1) is 0 Å². The minimum Gasteiger partial charge on any atom is -0.386 e. The maximum absolute atomic E-state index is 11.3. The zero-order valence-corrected chi connectivity index (χ0v) is 10.3. The van der Waals surface area contributed by atoms with E-state index in [0.29, 0.717) is 22.4 Å². The van der Waals surface area contributed by atoms with Crippen molar-refractivity contribution in [3.05, 3.63) is 29.8 Å². The largest absolute Gasteiger partial charge is 0.386 e. The predicted molar refractivity (Wildman–Crippen MR) is 66.6 cm³/mol. The van der Waals surface area contributed by atoms with E-state index in [0.717, 1.165) is 0 Å². The Morgan fingerprint density at radius 2 is 2.00 bits per heavy atom. The van der Waals surface area contributed by atoms with Crippen LogP contribution in [-0.4, -0.2) is 22.8 Å². The van der Waals surface area contributed by atoms with Crippen LogP contribution in [0.25, 0.3) is 0 Å².